The predicted octanol–water partition coefficient (Wildman–Crippen LogP) is 7.44. The molecule has 2 aromatic rings. The quantitative estimate of drug-likeness (QED) is 0.132. The van der Waals surface area contributed by atoms with Gasteiger partial charge in [-0.25, -0.2) is 0 Å². The van der Waals surface area contributed by atoms with E-state index in [0.717, 1.165) is 11.1 Å². The number of carbonyl (C=O) groups is 4. The predicted molar refractivity (Wildman–Crippen MR) is 223 cm³/mol. The van der Waals surface area contributed by atoms with Crippen LogP contribution in [0.25, 0.3) is 0 Å². The van der Waals surface area contributed by atoms with Crippen molar-refractivity contribution < 1.29 is 38.1 Å². The molecule has 318 valence electrons. The molecule has 11 heteroatoms. The molecule has 1 saturated heterocycles. The zero-order valence-corrected chi connectivity index (χ0v) is 37.1. The minimum atomic E-state index is -0.978. The Morgan fingerprint density at radius 2 is 0.930 bits per heavy atom. The third kappa shape index (κ3) is 17.3. The van der Waals surface area contributed by atoms with Gasteiger partial charge in [0.05, 0.1) is 12.8 Å². The molecule has 1 heterocycles. The van der Waals surface area contributed by atoms with Gasteiger partial charge in [0.25, 0.3) is 0 Å². The average Bonchev–Trinajstić information content (AvgIpc) is 3.25. The third-order valence-corrected chi connectivity index (χ3v) is 9.30. The van der Waals surface area contributed by atoms with Crippen LogP contribution in [0.5, 0.6) is 0 Å². The zero-order valence-electron chi connectivity index (χ0n) is 37.1. The summed E-state index contributed by atoms with van der Waals surface area (Å²) in [6.45, 7) is 29.0. The lowest BCUT2D eigenvalue weighted by atomic mass is 9.86. The summed E-state index contributed by atoms with van der Waals surface area (Å²) < 4.78 is 23.4. The Labute approximate surface area is 342 Å². The van der Waals surface area contributed by atoms with Crippen molar-refractivity contribution in [1.82, 2.24) is 14.7 Å². The SMILES string of the molecule is CC(C)(C)CN(CC(C)(C)C)C1(C)CN(C(CC(=O)OCc2ccccc2)C(=O)OC(C)(C)C)CCN(C(CC(=O)OCc2ccccc2)C(=O)OC(C)(C)C)C1. The van der Waals surface area contributed by atoms with Gasteiger partial charge in [0.2, 0.25) is 0 Å². The molecular formula is C46H71N3O8. The Balaban J connectivity index is 2.10. The summed E-state index contributed by atoms with van der Waals surface area (Å²) in [6, 6.07) is 16.9. The van der Waals surface area contributed by atoms with Gasteiger partial charge in [-0.1, -0.05) is 102 Å². The first-order valence-corrected chi connectivity index (χ1v) is 20.3. The second-order valence-corrected chi connectivity index (χ2v) is 20.2. The molecule has 1 aliphatic heterocycles. The van der Waals surface area contributed by atoms with Crippen molar-refractivity contribution in [2.75, 3.05) is 39.3 Å². The van der Waals surface area contributed by atoms with Gasteiger partial charge in [0.1, 0.15) is 36.5 Å². The third-order valence-electron chi connectivity index (χ3n) is 9.30. The van der Waals surface area contributed by atoms with Crippen molar-refractivity contribution in [3.8, 4) is 0 Å². The van der Waals surface area contributed by atoms with Crippen LogP contribution in [0.1, 0.15) is 114 Å². The molecule has 0 spiro atoms. The normalized spacial score (nSPS) is 18.6. The Morgan fingerprint density at radius 3 is 1.23 bits per heavy atom. The Hall–Kier alpha value is -3.80. The average molecular weight is 794 g/mol. The first-order valence-electron chi connectivity index (χ1n) is 20.3. The Kier molecular flexibility index (Phi) is 16.5. The maximum absolute atomic E-state index is 14.2. The van der Waals surface area contributed by atoms with Gasteiger partial charge < -0.3 is 18.9 Å². The van der Waals surface area contributed by atoms with Crippen molar-refractivity contribution in [1.29, 1.82) is 0 Å². The summed E-state index contributed by atoms with van der Waals surface area (Å²) in [5, 5.41) is 0. The molecule has 0 saturated carbocycles. The van der Waals surface area contributed by atoms with E-state index in [1.54, 1.807) is 41.5 Å². The van der Waals surface area contributed by atoms with E-state index in [1.807, 2.05) is 70.5 Å². The van der Waals surface area contributed by atoms with Crippen LogP contribution in [0.2, 0.25) is 0 Å². The molecule has 0 aliphatic carbocycles. The van der Waals surface area contributed by atoms with E-state index in [-0.39, 0.29) is 36.9 Å². The van der Waals surface area contributed by atoms with Gasteiger partial charge in [-0.3, -0.25) is 33.9 Å². The molecule has 2 atom stereocenters. The van der Waals surface area contributed by atoms with Crippen molar-refractivity contribution in [2.24, 2.45) is 10.8 Å². The minimum Gasteiger partial charge on any atom is -0.461 e. The molecule has 0 aromatic heterocycles. The van der Waals surface area contributed by atoms with Gasteiger partial charge in [0, 0.05) is 44.8 Å². The van der Waals surface area contributed by atoms with E-state index >= 15 is 0 Å². The maximum atomic E-state index is 14.2. The highest BCUT2D eigenvalue weighted by Crippen LogP contribution is 2.33. The highest BCUT2D eigenvalue weighted by molar-refractivity contribution is 5.84. The number of benzene rings is 2. The number of rotatable bonds is 15. The van der Waals surface area contributed by atoms with Crippen molar-refractivity contribution in [2.45, 2.75) is 145 Å². The monoisotopic (exact) mass is 794 g/mol. The number of hydrogen-bond donors (Lipinski definition) is 0. The zero-order chi connectivity index (χ0) is 42.8. The lowest BCUT2D eigenvalue weighted by Gasteiger charge is -2.49. The largest absolute Gasteiger partial charge is 0.461 e. The fourth-order valence-electron chi connectivity index (χ4n) is 7.03. The first-order chi connectivity index (χ1) is 26.2. The van der Waals surface area contributed by atoms with E-state index in [9.17, 15) is 19.2 Å². The lowest BCUT2D eigenvalue weighted by Crippen LogP contribution is -2.63. The number of hydrogen-bond acceptors (Lipinski definition) is 11. The molecule has 0 radical (unpaired) electrons. The van der Waals surface area contributed by atoms with Crippen molar-refractivity contribution in [3.63, 3.8) is 0 Å². The summed E-state index contributed by atoms with van der Waals surface area (Å²) in [5.74, 6) is -2.10. The van der Waals surface area contributed by atoms with Crippen LogP contribution in [-0.4, -0.2) is 107 Å². The topological polar surface area (TPSA) is 115 Å². The highest BCUT2D eigenvalue weighted by Gasteiger charge is 2.47. The molecule has 1 aliphatic rings. The first kappa shape index (κ1) is 47.6. The molecule has 0 bridgehead atoms. The number of ether oxygens (including phenoxy) is 4. The summed E-state index contributed by atoms with van der Waals surface area (Å²) in [4.78, 5) is 62.0. The van der Waals surface area contributed by atoms with E-state index in [4.69, 9.17) is 18.9 Å². The van der Waals surface area contributed by atoms with E-state index < -0.39 is 52.7 Å². The van der Waals surface area contributed by atoms with Crippen LogP contribution in [0.15, 0.2) is 60.7 Å². The molecule has 3 rings (SSSR count). The van der Waals surface area contributed by atoms with Crippen LogP contribution in [0.3, 0.4) is 0 Å². The van der Waals surface area contributed by atoms with Gasteiger partial charge in [-0.15, -0.1) is 0 Å². The highest BCUT2D eigenvalue weighted by atomic mass is 16.6. The van der Waals surface area contributed by atoms with E-state index in [0.29, 0.717) is 39.3 Å². The van der Waals surface area contributed by atoms with Crippen LogP contribution < -0.4 is 0 Å². The molecule has 11 nitrogen and oxygen atoms in total. The number of carbonyl (C=O) groups excluding carboxylic acids is 4. The van der Waals surface area contributed by atoms with Gasteiger partial charge >= 0.3 is 23.9 Å². The molecule has 57 heavy (non-hydrogen) atoms. The Bertz CT molecular complexity index is 1490. The number of esters is 4. The van der Waals surface area contributed by atoms with Crippen LogP contribution in [-0.2, 0) is 51.3 Å². The van der Waals surface area contributed by atoms with Gasteiger partial charge in [0.15, 0.2) is 0 Å². The minimum absolute atomic E-state index is 0.0785. The molecule has 0 N–H and O–H groups in total. The standard InChI is InChI=1S/C46H71N3O8/c1-42(2,3)30-49(31-43(4,5)6)46(13)32-47(36(40(52)56-44(7,8)9)26-38(50)54-28-34-20-16-14-17-21-34)24-25-48(33-46)37(41(53)57-45(10,11)12)27-39(51)55-29-35-22-18-15-19-23-35/h14-23,36-37H,24-33H2,1-13H3. The van der Waals surface area contributed by atoms with Crippen LogP contribution >= 0.6 is 0 Å². The smallest absolute Gasteiger partial charge is 0.324 e. The van der Waals surface area contributed by atoms with Gasteiger partial charge in [-0.05, 0) is 70.4 Å². The fourth-order valence-corrected chi connectivity index (χ4v) is 7.03. The molecule has 0 amide bonds. The summed E-state index contributed by atoms with van der Waals surface area (Å²) in [7, 11) is 0. The lowest BCUT2D eigenvalue weighted by molar-refractivity contribution is -0.166. The van der Waals surface area contributed by atoms with E-state index in [2.05, 4.69) is 53.4 Å². The number of nitrogens with zero attached hydrogens (tertiary/aromatic N) is 3. The maximum Gasteiger partial charge on any atom is 0.324 e. The van der Waals surface area contributed by atoms with Crippen molar-refractivity contribution >= 4 is 23.9 Å². The summed E-state index contributed by atoms with van der Waals surface area (Å²) in [6.07, 6.45) is -0.449. The second kappa shape index (κ2) is 19.8. The molecule has 2 aromatic carbocycles. The fraction of sp³-hybridized carbons (Fsp3) is 0.652. The van der Waals surface area contributed by atoms with E-state index in [1.165, 1.54) is 0 Å². The van der Waals surface area contributed by atoms with Crippen LogP contribution in [0, 0.1) is 10.8 Å². The van der Waals surface area contributed by atoms with Crippen molar-refractivity contribution in [3.05, 3.63) is 71.8 Å². The molecule has 2 unspecified atom stereocenters. The van der Waals surface area contributed by atoms with Crippen LogP contribution in [0.4, 0.5) is 0 Å². The summed E-state index contributed by atoms with van der Waals surface area (Å²) >= 11 is 0. The second-order valence-electron chi connectivity index (χ2n) is 20.2. The molecule has 1 fully saturated rings. The Morgan fingerprint density at radius 1 is 0.596 bits per heavy atom. The van der Waals surface area contributed by atoms with Gasteiger partial charge in [-0.2, -0.15) is 0 Å². The molecular weight excluding hydrogens is 723 g/mol. The summed E-state index contributed by atoms with van der Waals surface area (Å²) in [5.41, 5.74) is -0.865.